The Morgan fingerprint density at radius 3 is 2.31 bits per heavy atom. The molecule has 1 aromatic heterocycles. The Labute approximate surface area is 249 Å². The molecule has 0 unspecified atom stereocenters. The number of hydrogen-bond acceptors (Lipinski definition) is 6. The Balaban J connectivity index is 1.48. The summed E-state index contributed by atoms with van der Waals surface area (Å²) in [6, 6.07) is 21.4. The lowest BCUT2D eigenvalue weighted by molar-refractivity contribution is -0.274. The SMILES string of the molecule is CCN(CC)c1nc(-c2ccc(C=NNC(=S)Cc3ccccc3C(C)C)cc2)nn1-c1ccc(OC(F)(F)F)cc1. The van der Waals surface area contributed by atoms with Gasteiger partial charge in [0.1, 0.15) is 10.7 Å². The van der Waals surface area contributed by atoms with Crippen molar-refractivity contribution in [3.8, 4) is 22.8 Å². The Hall–Kier alpha value is -4.25. The highest BCUT2D eigenvalue weighted by molar-refractivity contribution is 7.80. The van der Waals surface area contributed by atoms with Crippen LogP contribution in [0.1, 0.15) is 50.3 Å². The molecule has 3 aromatic carbocycles. The average molecular weight is 595 g/mol. The third-order valence-electron chi connectivity index (χ3n) is 6.55. The highest BCUT2D eigenvalue weighted by Gasteiger charge is 2.31. The molecule has 4 rings (SSSR count). The zero-order valence-electron chi connectivity index (χ0n) is 23.9. The van der Waals surface area contributed by atoms with Gasteiger partial charge in [0.2, 0.25) is 5.95 Å². The van der Waals surface area contributed by atoms with Gasteiger partial charge in [0.05, 0.1) is 11.9 Å². The van der Waals surface area contributed by atoms with E-state index in [2.05, 4.69) is 46.3 Å². The minimum atomic E-state index is -4.76. The molecule has 0 bridgehead atoms. The third-order valence-corrected chi connectivity index (χ3v) is 6.79. The number of hydrazone groups is 1. The molecule has 220 valence electrons. The number of rotatable bonds is 11. The Bertz CT molecular complexity index is 1510. The molecule has 42 heavy (non-hydrogen) atoms. The van der Waals surface area contributed by atoms with Gasteiger partial charge in [0, 0.05) is 25.1 Å². The number of alkyl halides is 3. The quantitative estimate of drug-likeness (QED) is 0.112. The average Bonchev–Trinajstić information content (AvgIpc) is 3.39. The van der Waals surface area contributed by atoms with Gasteiger partial charge in [-0.2, -0.15) is 14.8 Å². The summed E-state index contributed by atoms with van der Waals surface area (Å²) < 4.78 is 43.4. The smallest absolute Gasteiger partial charge is 0.406 e. The van der Waals surface area contributed by atoms with Gasteiger partial charge < -0.3 is 9.64 Å². The highest BCUT2D eigenvalue weighted by atomic mass is 32.1. The first-order chi connectivity index (χ1) is 20.1. The molecule has 1 heterocycles. The Morgan fingerprint density at radius 1 is 1.02 bits per heavy atom. The molecule has 0 fully saturated rings. The zero-order chi connectivity index (χ0) is 30.3. The van der Waals surface area contributed by atoms with Crippen LogP contribution in [0.25, 0.3) is 17.1 Å². The number of anilines is 1. The normalized spacial score (nSPS) is 11.7. The van der Waals surface area contributed by atoms with Gasteiger partial charge in [-0.3, -0.25) is 5.43 Å². The lowest BCUT2D eigenvalue weighted by atomic mass is 9.95. The second-order valence-electron chi connectivity index (χ2n) is 9.81. The molecule has 0 aliphatic heterocycles. The summed E-state index contributed by atoms with van der Waals surface area (Å²) in [6.07, 6.45) is -2.45. The summed E-state index contributed by atoms with van der Waals surface area (Å²) in [4.78, 5) is 7.41. The largest absolute Gasteiger partial charge is 0.573 e. The highest BCUT2D eigenvalue weighted by Crippen LogP contribution is 2.27. The van der Waals surface area contributed by atoms with Crippen LogP contribution in [0.15, 0.2) is 77.9 Å². The summed E-state index contributed by atoms with van der Waals surface area (Å²) in [7, 11) is 0. The number of halogens is 3. The van der Waals surface area contributed by atoms with Crippen LogP contribution >= 0.6 is 12.2 Å². The standard InChI is InChI=1S/C31H33F3N6OS/c1-5-39(6-2)30-36-29(38-40(30)25-15-17-26(18-16-25)41-31(32,33)34)23-13-11-22(12-14-23)20-35-37-28(42)19-24-9-7-8-10-27(24)21(3)4/h7-18,20-21H,5-6,19H2,1-4H3,(H,37,42). The van der Waals surface area contributed by atoms with Crippen LogP contribution in [0, 0.1) is 0 Å². The first-order valence-electron chi connectivity index (χ1n) is 13.7. The molecule has 0 spiro atoms. The third kappa shape index (κ3) is 7.94. The number of nitrogens with one attached hydrogen (secondary N) is 1. The molecule has 7 nitrogen and oxygen atoms in total. The van der Waals surface area contributed by atoms with E-state index in [1.807, 2.05) is 55.1 Å². The molecule has 0 saturated carbocycles. The maximum Gasteiger partial charge on any atom is 0.573 e. The molecular formula is C31H33F3N6OS. The topological polar surface area (TPSA) is 67.6 Å². The zero-order valence-corrected chi connectivity index (χ0v) is 24.7. The predicted molar refractivity (Wildman–Crippen MR) is 165 cm³/mol. The van der Waals surface area contributed by atoms with Crippen molar-refractivity contribution < 1.29 is 17.9 Å². The summed E-state index contributed by atoms with van der Waals surface area (Å²) in [5.74, 6) is 1.18. The van der Waals surface area contributed by atoms with Crippen molar-refractivity contribution in [3.63, 3.8) is 0 Å². The van der Waals surface area contributed by atoms with Crippen molar-refractivity contribution in [2.75, 3.05) is 18.0 Å². The van der Waals surface area contributed by atoms with E-state index in [1.54, 1.807) is 10.9 Å². The fourth-order valence-electron chi connectivity index (χ4n) is 4.47. The predicted octanol–water partition coefficient (Wildman–Crippen LogP) is 7.30. The van der Waals surface area contributed by atoms with Crippen LogP contribution in [0.5, 0.6) is 5.75 Å². The molecular weight excluding hydrogens is 561 g/mol. The maximum absolute atomic E-state index is 12.6. The molecule has 0 radical (unpaired) electrons. The lowest BCUT2D eigenvalue weighted by Crippen LogP contribution is -2.25. The number of nitrogens with zero attached hydrogens (tertiary/aromatic N) is 5. The summed E-state index contributed by atoms with van der Waals surface area (Å²) in [5.41, 5.74) is 7.62. The van der Waals surface area contributed by atoms with Crippen molar-refractivity contribution in [2.24, 2.45) is 5.10 Å². The van der Waals surface area contributed by atoms with E-state index in [0.717, 1.165) is 11.1 Å². The van der Waals surface area contributed by atoms with Gasteiger partial charge in [-0.25, -0.2) is 0 Å². The van der Waals surface area contributed by atoms with Crippen molar-refractivity contribution in [1.29, 1.82) is 0 Å². The van der Waals surface area contributed by atoms with Crippen LogP contribution in [0.4, 0.5) is 19.1 Å². The van der Waals surface area contributed by atoms with Crippen LogP contribution < -0.4 is 15.1 Å². The first kappa shape index (κ1) is 30.7. The van der Waals surface area contributed by atoms with E-state index in [0.29, 0.717) is 47.9 Å². The van der Waals surface area contributed by atoms with E-state index >= 15 is 0 Å². The van der Waals surface area contributed by atoms with E-state index < -0.39 is 6.36 Å². The maximum atomic E-state index is 12.6. The van der Waals surface area contributed by atoms with Crippen molar-refractivity contribution in [3.05, 3.63) is 89.5 Å². The molecule has 11 heteroatoms. The summed E-state index contributed by atoms with van der Waals surface area (Å²) in [5, 5.41) is 8.99. The molecule has 0 aliphatic carbocycles. The number of aromatic nitrogens is 3. The molecule has 0 atom stereocenters. The van der Waals surface area contributed by atoms with Gasteiger partial charge in [0.15, 0.2) is 5.82 Å². The molecule has 4 aromatic rings. The van der Waals surface area contributed by atoms with Crippen molar-refractivity contribution in [2.45, 2.75) is 46.4 Å². The fraction of sp³-hybridized carbons (Fsp3) is 0.290. The number of hydrogen-bond donors (Lipinski definition) is 1. The Kier molecular flexibility index (Phi) is 9.95. The Morgan fingerprint density at radius 2 is 1.69 bits per heavy atom. The molecule has 0 saturated heterocycles. The minimum Gasteiger partial charge on any atom is -0.406 e. The number of ether oxygens (including phenoxy) is 1. The van der Waals surface area contributed by atoms with E-state index in [1.165, 1.54) is 35.4 Å². The van der Waals surface area contributed by atoms with Gasteiger partial charge >= 0.3 is 6.36 Å². The van der Waals surface area contributed by atoms with Gasteiger partial charge in [0.25, 0.3) is 0 Å². The number of thiocarbonyl (C=S) groups is 1. The van der Waals surface area contributed by atoms with Crippen LogP contribution in [-0.4, -0.2) is 45.4 Å². The van der Waals surface area contributed by atoms with E-state index in [9.17, 15) is 13.2 Å². The monoisotopic (exact) mass is 594 g/mol. The minimum absolute atomic E-state index is 0.302. The van der Waals surface area contributed by atoms with Crippen LogP contribution in [0.2, 0.25) is 0 Å². The van der Waals surface area contributed by atoms with Gasteiger partial charge in [-0.15, -0.1) is 18.3 Å². The fourth-order valence-corrected chi connectivity index (χ4v) is 4.68. The van der Waals surface area contributed by atoms with E-state index in [4.69, 9.17) is 17.2 Å². The number of benzene rings is 3. The second-order valence-corrected chi connectivity index (χ2v) is 10.3. The molecule has 1 N–H and O–H groups in total. The lowest BCUT2D eigenvalue weighted by Gasteiger charge is -2.20. The van der Waals surface area contributed by atoms with Crippen LogP contribution in [-0.2, 0) is 6.42 Å². The second kappa shape index (κ2) is 13.6. The van der Waals surface area contributed by atoms with E-state index in [-0.39, 0.29) is 5.75 Å². The summed E-state index contributed by atoms with van der Waals surface area (Å²) in [6.45, 7) is 9.68. The molecule has 0 amide bonds. The first-order valence-corrected chi connectivity index (χ1v) is 14.1. The van der Waals surface area contributed by atoms with Gasteiger partial charge in [-0.05, 0) is 60.7 Å². The van der Waals surface area contributed by atoms with Crippen molar-refractivity contribution >= 4 is 29.4 Å². The van der Waals surface area contributed by atoms with Crippen LogP contribution in [0.3, 0.4) is 0 Å². The van der Waals surface area contributed by atoms with Gasteiger partial charge in [-0.1, -0.05) is 74.6 Å². The molecule has 0 aliphatic rings. The van der Waals surface area contributed by atoms with Crippen molar-refractivity contribution in [1.82, 2.24) is 20.2 Å². The summed E-state index contributed by atoms with van der Waals surface area (Å²) >= 11 is 5.50.